The highest BCUT2D eigenvalue weighted by Crippen LogP contribution is 2.38. The van der Waals surface area contributed by atoms with Crippen LogP contribution in [0.4, 0.5) is 15.9 Å². The van der Waals surface area contributed by atoms with Crippen LogP contribution in [-0.4, -0.2) is 72.1 Å². The van der Waals surface area contributed by atoms with Crippen LogP contribution in [0.3, 0.4) is 0 Å². The SMILES string of the molecule is COc1cc2ncnc(Nc3cccc(Cl)c3F)c2cc1O[C@H]1CC[C@H](N2CC(C(=O)N(C)C)C2)CC1. The zero-order valence-electron chi connectivity index (χ0n) is 21.2. The van der Waals surface area contributed by atoms with Crippen molar-refractivity contribution in [2.75, 3.05) is 39.6 Å². The summed E-state index contributed by atoms with van der Waals surface area (Å²) in [7, 11) is 5.23. The van der Waals surface area contributed by atoms with Crippen LogP contribution >= 0.6 is 11.6 Å². The third kappa shape index (κ3) is 5.29. The van der Waals surface area contributed by atoms with E-state index in [1.54, 1.807) is 30.2 Å². The fraction of sp³-hybridized carbons (Fsp3) is 0.444. The Bertz CT molecular complexity index is 1290. The number of aromatic nitrogens is 2. The Morgan fingerprint density at radius 2 is 1.89 bits per heavy atom. The van der Waals surface area contributed by atoms with Crippen LogP contribution in [0, 0.1) is 11.7 Å². The van der Waals surface area contributed by atoms with Crippen LogP contribution < -0.4 is 14.8 Å². The highest BCUT2D eigenvalue weighted by molar-refractivity contribution is 6.31. The number of anilines is 2. The minimum Gasteiger partial charge on any atom is -0.493 e. The monoisotopic (exact) mass is 527 g/mol. The predicted octanol–water partition coefficient (Wildman–Crippen LogP) is 4.88. The van der Waals surface area contributed by atoms with Crippen molar-refractivity contribution in [3.63, 3.8) is 0 Å². The maximum Gasteiger partial charge on any atom is 0.227 e. The Labute approximate surface area is 220 Å². The highest BCUT2D eigenvalue weighted by Gasteiger charge is 2.39. The lowest BCUT2D eigenvalue weighted by molar-refractivity contribution is -0.140. The van der Waals surface area contributed by atoms with Crippen LogP contribution in [0.5, 0.6) is 11.5 Å². The predicted molar refractivity (Wildman–Crippen MR) is 141 cm³/mol. The molecule has 2 heterocycles. The first-order valence-electron chi connectivity index (χ1n) is 12.5. The molecule has 0 bridgehead atoms. The van der Waals surface area contributed by atoms with Crippen LogP contribution in [0.15, 0.2) is 36.7 Å². The van der Waals surface area contributed by atoms with Crippen molar-refractivity contribution in [2.45, 2.75) is 37.8 Å². The molecule has 37 heavy (non-hydrogen) atoms. The Kier molecular flexibility index (Phi) is 7.35. The van der Waals surface area contributed by atoms with E-state index < -0.39 is 5.82 Å². The van der Waals surface area contributed by atoms with Crippen molar-refractivity contribution in [1.82, 2.24) is 19.8 Å². The summed E-state index contributed by atoms with van der Waals surface area (Å²) in [6.07, 6.45) is 5.34. The largest absolute Gasteiger partial charge is 0.493 e. The molecule has 1 amide bonds. The van der Waals surface area contributed by atoms with Gasteiger partial charge in [0.2, 0.25) is 5.91 Å². The van der Waals surface area contributed by atoms with Crippen LogP contribution in [0.25, 0.3) is 10.9 Å². The first kappa shape index (κ1) is 25.5. The van der Waals surface area contributed by atoms with Gasteiger partial charge in [-0.15, -0.1) is 0 Å². The van der Waals surface area contributed by atoms with E-state index >= 15 is 0 Å². The summed E-state index contributed by atoms with van der Waals surface area (Å²) in [5, 5.41) is 3.75. The van der Waals surface area contributed by atoms with Gasteiger partial charge in [-0.2, -0.15) is 0 Å². The number of carbonyl (C=O) groups is 1. The highest BCUT2D eigenvalue weighted by atomic mass is 35.5. The average Bonchev–Trinajstić information content (AvgIpc) is 2.86. The molecule has 8 nitrogen and oxygen atoms in total. The summed E-state index contributed by atoms with van der Waals surface area (Å²) in [5.41, 5.74) is 0.872. The number of amides is 1. The van der Waals surface area contributed by atoms with E-state index in [0.29, 0.717) is 34.3 Å². The van der Waals surface area contributed by atoms with E-state index in [9.17, 15) is 9.18 Å². The second-order valence-electron chi connectivity index (χ2n) is 9.90. The van der Waals surface area contributed by atoms with Gasteiger partial charge < -0.3 is 19.7 Å². The van der Waals surface area contributed by atoms with E-state index in [1.807, 2.05) is 20.2 Å². The van der Waals surface area contributed by atoms with Gasteiger partial charge >= 0.3 is 0 Å². The first-order valence-corrected chi connectivity index (χ1v) is 12.9. The van der Waals surface area contributed by atoms with E-state index in [4.69, 9.17) is 21.1 Å². The van der Waals surface area contributed by atoms with E-state index in [2.05, 4.69) is 20.2 Å². The Morgan fingerprint density at radius 3 is 2.59 bits per heavy atom. The van der Waals surface area contributed by atoms with Crippen LogP contribution in [0.2, 0.25) is 5.02 Å². The van der Waals surface area contributed by atoms with Gasteiger partial charge in [0.15, 0.2) is 17.3 Å². The number of ether oxygens (including phenoxy) is 2. The summed E-state index contributed by atoms with van der Waals surface area (Å²) < 4.78 is 26.5. The lowest BCUT2D eigenvalue weighted by Gasteiger charge is -2.46. The molecule has 2 aromatic carbocycles. The second-order valence-corrected chi connectivity index (χ2v) is 10.3. The molecule has 196 valence electrons. The standard InChI is InChI=1S/C27H31ClFN5O3/c1-33(2)27(35)16-13-34(14-16)17-7-9-18(10-8-17)37-24-11-19-22(12-23(24)36-3)30-15-31-26(19)32-21-6-4-5-20(28)25(21)29/h4-6,11-12,15-18H,7-10,13-14H2,1-3H3,(H,30,31,32)/t17-,18-. The fourth-order valence-electron chi connectivity index (χ4n) is 5.18. The Hall–Kier alpha value is -3.17. The Balaban J connectivity index is 1.28. The molecule has 3 aromatic rings. The molecule has 1 aliphatic heterocycles. The summed E-state index contributed by atoms with van der Waals surface area (Å²) in [6.45, 7) is 1.68. The second kappa shape index (κ2) is 10.7. The van der Waals surface area contributed by atoms with Gasteiger partial charge in [-0.05, 0) is 43.9 Å². The lowest BCUT2D eigenvalue weighted by atomic mass is 9.87. The number of rotatable bonds is 7. The molecule has 0 unspecified atom stereocenters. The number of nitrogens with one attached hydrogen (secondary N) is 1. The molecule has 10 heteroatoms. The van der Waals surface area contributed by atoms with Gasteiger partial charge in [-0.1, -0.05) is 17.7 Å². The van der Waals surface area contributed by atoms with Gasteiger partial charge in [0.05, 0.1) is 35.4 Å². The van der Waals surface area contributed by atoms with E-state index in [-0.39, 0.29) is 28.6 Å². The van der Waals surface area contributed by atoms with Gasteiger partial charge in [0, 0.05) is 44.7 Å². The molecule has 0 atom stereocenters. The third-order valence-corrected chi connectivity index (χ3v) is 7.57. The van der Waals surface area contributed by atoms with E-state index in [1.165, 1.54) is 12.4 Å². The number of hydrogen-bond donors (Lipinski definition) is 1. The molecule has 2 aliphatic rings. The smallest absolute Gasteiger partial charge is 0.227 e. The molecule has 1 aromatic heterocycles. The summed E-state index contributed by atoms with van der Waals surface area (Å²) in [4.78, 5) is 24.9. The van der Waals surface area contributed by atoms with Gasteiger partial charge in [-0.3, -0.25) is 9.69 Å². The summed E-state index contributed by atoms with van der Waals surface area (Å²) >= 11 is 5.94. The van der Waals surface area contributed by atoms with Crippen molar-refractivity contribution in [2.24, 2.45) is 5.92 Å². The number of fused-ring (bicyclic) bond motifs is 1. The first-order chi connectivity index (χ1) is 17.8. The normalized spacial score (nSPS) is 20.4. The number of benzene rings is 2. The maximum absolute atomic E-state index is 14.5. The molecule has 1 N–H and O–H groups in total. The Morgan fingerprint density at radius 1 is 1.14 bits per heavy atom. The van der Waals surface area contributed by atoms with Gasteiger partial charge in [0.25, 0.3) is 0 Å². The minimum atomic E-state index is -0.544. The molecule has 0 spiro atoms. The molecule has 1 saturated carbocycles. The van der Waals surface area contributed by atoms with Crippen molar-refractivity contribution in [3.05, 3.63) is 47.5 Å². The van der Waals surface area contributed by atoms with Gasteiger partial charge in [-0.25, -0.2) is 14.4 Å². The zero-order chi connectivity index (χ0) is 26.1. The number of methoxy groups -OCH3 is 1. The number of hydrogen-bond acceptors (Lipinski definition) is 7. The number of nitrogens with zero attached hydrogens (tertiary/aromatic N) is 4. The number of halogens is 2. The zero-order valence-corrected chi connectivity index (χ0v) is 22.0. The molecule has 2 fully saturated rings. The van der Waals surface area contributed by atoms with Crippen LogP contribution in [0.1, 0.15) is 25.7 Å². The average molecular weight is 528 g/mol. The van der Waals surface area contributed by atoms with Crippen LogP contribution in [-0.2, 0) is 4.79 Å². The third-order valence-electron chi connectivity index (χ3n) is 7.28. The lowest BCUT2D eigenvalue weighted by Crippen LogP contribution is -2.57. The quantitative estimate of drug-likeness (QED) is 0.469. The number of carbonyl (C=O) groups excluding carboxylic acids is 1. The topological polar surface area (TPSA) is 79.8 Å². The molecule has 0 radical (unpaired) electrons. The molecule has 1 saturated heterocycles. The molecular formula is C27H31ClFN5O3. The number of likely N-dealkylation sites (tertiary alicyclic amines) is 1. The van der Waals surface area contributed by atoms with Crippen molar-refractivity contribution < 1.29 is 18.7 Å². The summed E-state index contributed by atoms with van der Waals surface area (Å²) in [5.74, 6) is 1.42. The molecular weight excluding hydrogens is 497 g/mol. The van der Waals surface area contributed by atoms with Gasteiger partial charge in [0.1, 0.15) is 12.1 Å². The van der Waals surface area contributed by atoms with Crippen molar-refractivity contribution >= 4 is 39.9 Å². The van der Waals surface area contributed by atoms with Crippen molar-refractivity contribution in [3.8, 4) is 11.5 Å². The minimum absolute atomic E-state index is 0.0303. The fourth-order valence-corrected chi connectivity index (χ4v) is 5.36. The maximum atomic E-state index is 14.5. The van der Waals surface area contributed by atoms with Crippen molar-refractivity contribution in [1.29, 1.82) is 0 Å². The molecule has 5 rings (SSSR count). The van der Waals surface area contributed by atoms with E-state index in [0.717, 1.165) is 38.8 Å². The summed E-state index contributed by atoms with van der Waals surface area (Å²) in [6, 6.07) is 8.91. The molecule has 1 aliphatic carbocycles.